The van der Waals surface area contributed by atoms with E-state index < -0.39 is 0 Å². The van der Waals surface area contributed by atoms with Crippen LogP contribution in [0, 0.1) is 0 Å². The van der Waals surface area contributed by atoms with E-state index >= 15 is 0 Å². The average molecular weight is 300 g/mol. The fourth-order valence-electron chi connectivity index (χ4n) is 3.10. The number of aliphatic hydroxyl groups is 1. The predicted molar refractivity (Wildman–Crippen MR) is 94.6 cm³/mol. The molecule has 0 radical (unpaired) electrons. The van der Waals surface area contributed by atoms with Gasteiger partial charge < -0.3 is 10.8 Å². The molecule has 0 aliphatic heterocycles. The van der Waals surface area contributed by atoms with E-state index in [2.05, 4.69) is 13.8 Å². The summed E-state index contributed by atoms with van der Waals surface area (Å²) in [6, 6.07) is 0. The first-order valence-corrected chi connectivity index (χ1v) is 9.58. The molecule has 2 heteroatoms. The molecule has 21 heavy (non-hydrogen) atoms. The van der Waals surface area contributed by atoms with Crippen molar-refractivity contribution in [1.82, 2.24) is 0 Å². The van der Waals surface area contributed by atoms with Crippen molar-refractivity contribution in [2.45, 2.75) is 116 Å². The Hall–Kier alpha value is -0.0800. The molecule has 1 atom stereocenters. The second-order valence-corrected chi connectivity index (χ2v) is 6.91. The molecule has 3 N–H and O–H groups in total. The minimum Gasteiger partial charge on any atom is -0.394 e. The standard InChI is InChI=1S/C19H41NO/c1-3-5-6-7-8-9-10-11-12-13-14-15-17-19(20,18-21)16-4-2/h21H,3-18,20H2,1-2H3. The minimum atomic E-state index is -0.312. The van der Waals surface area contributed by atoms with E-state index in [1.807, 2.05) is 0 Å². The van der Waals surface area contributed by atoms with Gasteiger partial charge in [-0.05, 0) is 12.8 Å². The predicted octanol–water partition coefficient (Wildman–Crippen LogP) is 5.57. The summed E-state index contributed by atoms with van der Waals surface area (Å²) in [6.45, 7) is 4.55. The maximum absolute atomic E-state index is 9.37. The second kappa shape index (κ2) is 14.8. The zero-order chi connectivity index (χ0) is 15.8. The molecule has 0 amide bonds. The van der Waals surface area contributed by atoms with Gasteiger partial charge in [-0.3, -0.25) is 0 Å². The fourth-order valence-corrected chi connectivity index (χ4v) is 3.10. The average Bonchev–Trinajstić information content (AvgIpc) is 2.48. The van der Waals surface area contributed by atoms with Crippen LogP contribution >= 0.6 is 0 Å². The number of rotatable bonds is 16. The molecule has 0 rings (SSSR count). The number of hydrogen-bond acceptors (Lipinski definition) is 2. The highest BCUT2D eigenvalue weighted by Gasteiger charge is 2.21. The van der Waals surface area contributed by atoms with Gasteiger partial charge in [0.2, 0.25) is 0 Å². The van der Waals surface area contributed by atoms with Gasteiger partial charge in [-0.25, -0.2) is 0 Å². The molecule has 0 heterocycles. The van der Waals surface area contributed by atoms with E-state index in [9.17, 15) is 5.11 Å². The van der Waals surface area contributed by atoms with E-state index in [4.69, 9.17) is 5.73 Å². The maximum atomic E-state index is 9.37. The Morgan fingerprint density at radius 2 is 1.05 bits per heavy atom. The first-order valence-electron chi connectivity index (χ1n) is 9.58. The molecule has 2 nitrogen and oxygen atoms in total. The largest absolute Gasteiger partial charge is 0.394 e. The van der Waals surface area contributed by atoms with Crippen LogP contribution in [-0.4, -0.2) is 17.3 Å². The summed E-state index contributed by atoms with van der Waals surface area (Å²) >= 11 is 0. The highest BCUT2D eigenvalue weighted by atomic mass is 16.3. The van der Waals surface area contributed by atoms with E-state index in [1.54, 1.807) is 0 Å². The molecule has 128 valence electrons. The van der Waals surface area contributed by atoms with Gasteiger partial charge in [0.25, 0.3) is 0 Å². The summed E-state index contributed by atoms with van der Waals surface area (Å²) in [5.74, 6) is 0. The Balaban J connectivity index is 3.25. The minimum absolute atomic E-state index is 0.138. The monoisotopic (exact) mass is 299 g/mol. The third-order valence-corrected chi connectivity index (χ3v) is 4.59. The second-order valence-electron chi connectivity index (χ2n) is 6.91. The third kappa shape index (κ3) is 13.3. The van der Waals surface area contributed by atoms with Crippen LogP contribution in [0.25, 0.3) is 0 Å². The number of nitrogens with two attached hydrogens (primary N) is 1. The van der Waals surface area contributed by atoms with Crippen LogP contribution in [0.15, 0.2) is 0 Å². The Bertz CT molecular complexity index is 208. The van der Waals surface area contributed by atoms with Crippen LogP contribution in [0.5, 0.6) is 0 Å². The fraction of sp³-hybridized carbons (Fsp3) is 1.00. The summed E-state index contributed by atoms with van der Waals surface area (Å²) in [5, 5.41) is 9.37. The van der Waals surface area contributed by atoms with Crippen molar-refractivity contribution in [3.8, 4) is 0 Å². The van der Waals surface area contributed by atoms with Crippen molar-refractivity contribution >= 4 is 0 Å². The molecule has 0 saturated carbocycles. The Kier molecular flexibility index (Phi) is 14.8. The lowest BCUT2D eigenvalue weighted by atomic mass is 9.89. The van der Waals surface area contributed by atoms with Crippen LogP contribution in [-0.2, 0) is 0 Å². The Labute approximate surface area is 133 Å². The van der Waals surface area contributed by atoms with Crippen molar-refractivity contribution in [2.75, 3.05) is 6.61 Å². The van der Waals surface area contributed by atoms with Gasteiger partial charge in [-0.15, -0.1) is 0 Å². The van der Waals surface area contributed by atoms with Gasteiger partial charge in [-0.1, -0.05) is 97.3 Å². The van der Waals surface area contributed by atoms with Crippen molar-refractivity contribution in [1.29, 1.82) is 0 Å². The van der Waals surface area contributed by atoms with Crippen LogP contribution in [0.2, 0.25) is 0 Å². The summed E-state index contributed by atoms with van der Waals surface area (Å²) in [6.07, 6.45) is 19.5. The maximum Gasteiger partial charge on any atom is 0.0611 e. The number of hydrogen-bond donors (Lipinski definition) is 2. The Morgan fingerprint density at radius 1 is 0.619 bits per heavy atom. The molecule has 0 saturated heterocycles. The molecular weight excluding hydrogens is 258 g/mol. The van der Waals surface area contributed by atoms with Crippen molar-refractivity contribution in [3.63, 3.8) is 0 Å². The van der Waals surface area contributed by atoms with Crippen LogP contribution in [0.3, 0.4) is 0 Å². The van der Waals surface area contributed by atoms with E-state index in [0.717, 1.165) is 19.3 Å². The molecule has 0 aromatic heterocycles. The van der Waals surface area contributed by atoms with Gasteiger partial charge in [0.15, 0.2) is 0 Å². The molecule has 0 fully saturated rings. The lowest BCUT2D eigenvalue weighted by Crippen LogP contribution is -2.43. The van der Waals surface area contributed by atoms with Crippen molar-refractivity contribution in [3.05, 3.63) is 0 Å². The molecule has 0 aromatic carbocycles. The highest BCUT2D eigenvalue weighted by molar-refractivity contribution is 4.82. The van der Waals surface area contributed by atoms with Gasteiger partial charge >= 0.3 is 0 Å². The van der Waals surface area contributed by atoms with Crippen LogP contribution in [0.1, 0.15) is 110 Å². The lowest BCUT2D eigenvalue weighted by Gasteiger charge is -2.26. The van der Waals surface area contributed by atoms with Crippen LogP contribution in [0.4, 0.5) is 0 Å². The number of aliphatic hydroxyl groups excluding tert-OH is 1. The first-order chi connectivity index (χ1) is 10.2. The molecule has 0 bridgehead atoms. The quantitative estimate of drug-likeness (QED) is 0.366. The van der Waals surface area contributed by atoms with Gasteiger partial charge in [0, 0.05) is 5.54 Å². The molecule has 0 aliphatic rings. The molecule has 0 aliphatic carbocycles. The van der Waals surface area contributed by atoms with Crippen LogP contribution < -0.4 is 5.73 Å². The molecule has 1 unspecified atom stereocenters. The van der Waals surface area contributed by atoms with Gasteiger partial charge in [-0.2, -0.15) is 0 Å². The molecule has 0 spiro atoms. The lowest BCUT2D eigenvalue weighted by molar-refractivity contribution is 0.174. The molecular formula is C19H41NO. The van der Waals surface area contributed by atoms with Gasteiger partial charge in [0.1, 0.15) is 0 Å². The summed E-state index contributed by atoms with van der Waals surface area (Å²) in [5.41, 5.74) is 5.88. The van der Waals surface area contributed by atoms with Gasteiger partial charge in [0.05, 0.1) is 6.61 Å². The normalized spacial score (nSPS) is 14.3. The Morgan fingerprint density at radius 3 is 1.43 bits per heavy atom. The SMILES string of the molecule is CCCCCCCCCCCCCCC(N)(CO)CCC. The zero-order valence-corrected chi connectivity index (χ0v) is 14.8. The topological polar surface area (TPSA) is 46.2 Å². The summed E-state index contributed by atoms with van der Waals surface area (Å²) in [4.78, 5) is 0. The molecule has 0 aromatic rings. The van der Waals surface area contributed by atoms with Crippen molar-refractivity contribution < 1.29 is 5.11 Å². The highest BCUT2D eigenvalue weighted by Crippen LogP contribution is 2.19. The summed E-state index contributed by atoms with van der Waals surface area (Å²) in [7, 11) is 0. The van der Waals surface area contributed by atoms with E-state index in [-0.39, 0.29) is 12.1 Å². The third-order valence-electron chi connectivity index (χ3n) is 4.59. The first kappa shape index (κ1) is 20.9. The zero-order valence-electron chi connectivity index (χ0n) is 14.8. The van der Waals surface area contributed by atoms with E-state index in [0.29, 0.717) is 0 Å². The summed E-state index contributed by atoms with van der Waals surface area (Å²) < 4.78 is 0. The van der Waals surface area contributed by atoms with E-state index in [1.165, 1.54) is 77.0 Å². The van der Waals surface area contributed by atoms with Crippen molar-refractivity contribution in [2.24, 2.45) is 5.73 Å². The smallest absolute Gasteiger partial charge is 0.0611 e. The number of unbranched alkanes of at least 4 members (excludes halogenated alkanes) is 11.